The van der Waals surface area contributed by atoms with Gasteiger partial charge in [-0.1, -0.05) is 11.6 Å². The maximum Gasteiger partial charge on any atom is 0.261 e. The van der Waals surface area contributed by atoms with Crippen LogP contribution in [0, 0.1) is 0 Å². The lowest BCUT2D eigenvalue weighted by Gasteiger charge is -2.26. The van der Waals surface area contributed by atoms with E-state index in [-0.39, 0.29) is 28.2 Å². The van der Waals surface area contributed by atoms with Gasteiger partial charge in [-0.25, -0.2) is 8.42 Å². The third kappa shape index (κ3) is 6.99. The van der Waals surface area contributed by atoms with Crippen LogP contribution in [0.15, 0.2) is 47.4 Å². The first-order valence-electron chi connectivity index (χ1n) is 10.0. The Bertz CT molecular complexity index is 1010. The van der Waals surface area contributed by atoms with Crippen LogP contribution < -0.4 is 19.5 Å². The van der Waals surface area contributed by atoms with Crippen LogP contribution in [0.5, 0.6) is 11.5 Å². The molecule has 0 spiro atoms. The molecule has 1 aliphatic rings. The third-order valence-electron chi connectivity index (χ3n) is 4.77. The lowest BCUT2D eigenvalue weighted by Crippen LogP contribution is -2.42. The van der Waals surface area contributed by atoms with E-state index in [9.17, 15) is 13.2 Å². The van der Waals surface area contributed by atoms with Gasteiger partial charge in [0.15, 0.2) is 6.61 Å². The number of methoxy groups -OCH3 is 1. The monoisotopic (exact) mass is 483 g/mol. The number of carbonyl (C=O) groups excluding carboxylic acids is 1. The quantitative estimate of drug-likeness (QED) is 0.532. The van der Waals surface area contributed by atoms with E-state index in [4.69, 9.17) is 25.8 Å². The average molecular weight is 484 g/mol. The molecule has 1 heterocycles. The van der Waals surface area contributed by atoms with Crippen molar-refractivity contribution >= 4 is 33.2 Å². The van der Waals surface area contributed by atoms with Crippen LogP contribution >= 0.6 is 11.6 Å². The Morgan fingerprint density at radius 2 is 1.88 bits per heavy atom. The molecule has 1 amide bonds. The maximum atomic E-state index is 12.6. The second kappa shape index (κ2) is 11.4. The molecule has 2 aromatic carbocycles. The average Bonchev–Trinajstić information content (AvgIpc) is 2.79. The van der Waals surface area contributed by atoms with E-state index in [0.29, 0.717) is 31.2 Å². The minimum absolute atomic E-state index is 0.0272. The number of sulfonamides is 1. The molecule has 11 heteroatoms. The van der Waals surface area contributed by atoms with E-state index in [1.165, 1.54) is 25.3 Å². The summed E-state index contributed by atoms with van der Waals surface area (Å²) >= 11 is 6.18. The molecule has 0 aliphatic carbocycles. The van der Waals surface area contributed by atoms with Gasteiger partial charge < -0.3 is 19.5 Å². The van der Waals surface area contributed by atoms with Crippen LogP contribution in [0.2, 0.25) is 5.02 Å². The van der Waals surface area contributed by atoms with E-state index in [0.717, 1.165) is 19.6 Å². The zero-order chi connectivity index (χ0) is 23.0. The van der Waals surface area contributed by atoms with Crippen LogP contribution in [0.25, 0.3) is 0 Å². The second-order valence-corrected chi connectivity index (χ2v) is 9.11. The first-order chi connectivity index (χ1) is 15.4. The summed E-state index contributed by atoms with van der Waals surface area (Å²) in [7, 11) is -2.32. The number of carbonyl (C=O) groups is 1. The smallest absolute Gasteiger partial charge is 0.261 e. The van der Waals surface area contributed by atoms with Crippen molar-refractivity contribution in [2.24, 2.45) is 0 Å². The summed E-state index contributed by atoms with van der Waals surface area (Å²) in [6.07, 6.45) is 0. The number of amides is 1. The number of rotatable bonds is 10. The van der Waals surface area contributed by atoms with Crippen molar-refractivity contribution in [2.75, 3.05) is 57.8 Å². The minimum Gasteiger partial charge on any atom is -0.497 e. The fraction of sp³-hybridized carbons (Fsp3) is 0.381. The van der Waals surface area contributed by atoms with Gasteiger partial charge >= 0.3 is 0 Å². The van der Waals surface area contributed by atoms with Gasteiger partial charge in [-0.2, -0.15) is 0 Å². The molecule has 2 N–H and O–H groups in total. The molecule has 0 radical (unpaired) electrons. The van der Waals surface area contributed by atoms with Crippen LogP contribution in [0.3, 0.4) is 0 Å². The zero-order valence-electron chi connectivity index (χ0n) is 17.7. The Morgan fingerprint density at radius 1 is 1.16 bits per heavy atom. The molecule has 1 saturated heterocycles. The lowest BCUT2D eigenvalue weighted by atomic mass is 10.3. The Hall–Kier alpha value is -2.53. The second-order valence-electron chi connectivity index (χ2n) is 7.02. The standard InChI is InChI=1S/C21H26ClN3O6S/c1-29-17-4-2-16(3-5-17)24-32(27,28)18-6-7-20(19(22)14-18)31-15-21(26)23-8-9-25-10-12-30-13-11-25/h2-7,14,24H,8-13,15H2,1H3,(H,23,26). The molecule has 0 aromatic heterocycles. The first-order valence-corrected chi connectivity index (χ1v) is 11.9. The van der Waals surface area contributed by atoms with Gasteiger partial charge in [-0.15, -0.1) is 0 Å². The molecule has 2 aromatic rings. The van der Waals surface area contributed by atoms with Crippen molar-refractivity contribution in [1.29, 1.82) is 0 Å². The van der Waals surface area contributed by atoms with Crippen molar-refractivity contribution in [1.82, 2.24) is 10.2 Å². The fourth-order valence-corrected chi connectivity index (χ4v) is 4.40. The molecule has 1 fully saturated rings. The zero-order valence-corrected chi connectivity index (χ0v) is 19.2. The molecular weight excluding hydrogens is 458 g/mol. The van der Waals surface area contributed by atoms with E-state index in [1.54, 1.807) is 24.3 Å². The lowest BCUT2D eigenvalue weighted by molar-refractivity contribution is -0.123. The van der Waals surface area contributed by atoms with E-state index < -0.39 is 10.0 Å². The Kier molecular flexibility index (Phi) is 8.57. The van der Waals surface area contributed by atoms with Crippen molar-refractivity contribution in [3.63, 3.8) is 0 Å². The highest BCUT2D eigenvalue weighted by atomic mass is 35.5. The van der Waals surface area contributed by atoms with Gasteiger partial charge in [0.05, 0.1) is 30.2 Å². The predicted molar refractivity (Wildman–Crippen MR) is 121 cm³/mol. The van der Waals surface area contributed by atoms with Crippen LogP contribution in [0.1, 0.15) is 0 Å². The molecule has 0 bridgehead atoms. The van der Waals surface area contributed by atoms with E-state index in [1.807, 2.05) is 0 Å². The summed E-state index contributed by atoms with van der Waals surface area (Å²) in [6, 6.07) is 10.5. The summed E-state index contributed by atoms with van der Waals surface area (Å²) in [4.78, 5) is 14.2. The highest BCUT2D eigenvalue weighted by Crippen LogP contribution is 2.28. The van der Waals surface area contributed by atoms with Crippen LogP contribution in [-0.2, 0) is 19.6 Å². The number of morpholine rings is 1. The number of ether oxygens (including phenoxy) is 3. The normalized spacial score (nSPS) is 14.6. The number of anilines is 1. The molecule has 1 aliphatic heterocycles. The molecule has 3 rings (SSSR count). The topological polar surface area (TPSA) is 106 Å². The van der Waals surface area contributed by atoms with Gasteiger partial charge in [-0.3, -0.25) is 14.4 Å². The molecule has 0 saturated carbocycles. The molecule has 0 unspecified atom stereocenters. The molecule has 0 atom stereocenters. The summed E-state index contributed by atoms with van der Waals surface area (Å²) in [6.45, 7) is 4.13. The summed E-state index contributed by atoms with van der Waals surface area (Å²) in [5.74, 6) is 0.549. The number of hydrogen-bond acceptors (Lipinski definition) is 7. The molecule has 32 heavy (non-hydrogen) atoms. The van der Waals surface area contributed by atoms with Crippen LogP contribution in [-0.4, -0.2) is 72.3 Å². The van der Waals surface area contributed by atoms with Crippen molar-refractivity contribution < 1.29 is 27.4 Å². The maximum absolute atomic E-state index is 12.6. The minimum atomic E-state index is -3.85. The Morgan fingerprint density at radius 3 is 2.53 bits per heavy atom. The van der Waals surface area contributed by atoms with E-state index >= 15 is 0 Å². The van der Waals surface area contributed by atoms with Gasteiger partial charge in [0.25, 0.3) is 15.9 Å². The van der Waals surface area contributed by atoms with Crippen LogP contribution in [0.4, 0.5) is 5.69 Å². The van der Waals surface area contributed by atoms with Gasteiger partial charge in [0, 0.05) is 31.9 Å². The highest BCUT2D eigenvalue weighted by molar-refractivity contribution is 7.92. The number of nitrogens with one attached hydrogen (secondary N) is 2. The Balaban J connectivity index is 1.50. The SMILES string of the molecule is COc1ccc(NS(=O)(=O)c2ccc(OCC(=O)NCCN3CCOCC3)c(Cl)c2)cc1. The summed E-state index contributed by atoms with van der Waals surface area (Å²) in [5, 5.41) is 2.87. The predicted octanol–water partition coefficient (Wildman–Crippen LogP) is 1.98. The highest BCUT2D eigenvalue weighted by Gasteiger charge is 2.17. The molecular formula is C21H26ClN3O6S. The number of halogens is 1. The fourth-order valence-electron chi connectivity index (χ4n) is 3.01. The summed E-state index contributed by atoms with van der Waals surface area (Å²) < 4.78 is 43.5. The third-order valence-corrected chi connectivity index (χ3v) is 6.44. The van der Waals surface area contributed by atoms with Gasteiger partial charge in [0.1, 0.15) is 11.5 Å². The molecule has 9 nitrogen and oxygen atoms in total. The van der Waals surface area contributed by atoms with Crippen molar-refractivity contribution in [3.05, 3.63) is 47.5 Å². The molecule has 174 valence electrons. The van der Waals surface area contributed by atoms with Gasteiger partial charge in [0.2, 0.25) is 0 Å². The number of benzene rings is 2. The first kappa shape index (κ1) is 24.1. The largest absolute Gasteiger partial charge is 0.497 e. The van der Waals surface area contributed by atoms with Gasteiger partial charge in [-0.05, 0) is 42.5 Å². The Labute approximate surface area is 192 Å². The van der Waals surface area contributed by atoms with Crippen molar-refractivity contribution in [3.8, 4) is 11.5 Å². The summed E-state index contributed by atoms with van der Waals surface area (Å²) in [5.41, 5.74) is 0.385. The van der Waals surface area contributed by atoms with E-state index in [2.05, 4.69) is 14.9 Å². The number of hydrogen-bond donors (Lipinski definition) is 2. The van der Waals surface area contributed by atoms with Crippen molar-refractivity contribution in [2.45, 2.75) is 4.90 Å². The number of nitrogens with zero attached hydrogens (tertiary/aromatic N) is 1.